The summed E-state index contributed by atoms with van der Waals surface area (Å²) in [7, 11) is 0. The lowest BCUT2D eigenvalue weighted by Crippen LogP contribution is -2.27. The minimum atomic E-state index is -0.0839. The molecule has 0 bridgehead atoms. The van der Waals surface area contributed by atoms with Crippen molar-refractivity contribution in [2.45, 2.75) is 26.1 Å². The summed E-state index contributed by atoms with van der Waals surface area (Å²) in [6, 6.07) is 7.33. The van der Waals surface area contributed by atoms with Gasteiger partial charge in [-0.2, -0.15) is 0 Å². The van der Waals surface area contributed by atoms with E-state index in [4.69, 9.17) is 16.3 Å². The maximum absolute atomic E-state index is 11.8. The van der Waals surface area contributed by atoms with Crippen molar-refractivity contribution in [3.05, 3.63) is 35.4 Å². The number of alkyl halides is 1. The van der Waals surface area contributed by atoms with Gasteiger partial charge in [0.25, 0.3) is 5.91 Å². The Kier molecular flexibility index (Phi) is 7.53. The third-order valence-corrected chi connectivity index (χ3v) is 3.02. The highest BCUT2D eigenvalue weighted by molar-refractivity contribution is 6.17. The first-order chi connectivity index (χ1) is 9.13. The van der Waals surface area contributed by atoms with Crippen molar-refractivity contribution in [1.29, 1.82) is 0 Å². The number of rotatable bonds is 8. The standard InChI is InChI=1S/C15H22ClNO2/c1-12(2)6-8-19-9-7-17-15(18)14-5-3-4-13(10-14)11-16/h3-5,10,12H,6-9,11H2,1-2H3,(H,17,18). The molecule has 0 spiro atoms. The van der Waals surface area contributed by atoms with Gasteiger partial charge in [0.05, 0.1) is 6.61 Å². The molecular formula is C15H22ClNO2. The van der Waals surface area contributed by atoms with Crippen LogP contribution in [0.5, 0.6) is 0 Å². The summed E-state index contributed by atoms with van der Waals surface area (Å²) in [5.41, 5.74) is 1.59. The van der Waals surface area contributed by atoms with Crippen LogP contribution < -0.4 is 5.32 Å². The molecule has 0 saturated heterocycles. The van der Waals surface area contributed by atoms with E-state index in [9.17, 15) is 4.79 Å². The van der Waals surface area contributed by atoms with Crippen LogP contribution >= 0.6 is 11.6 Å². The van der Waals surface area contributed by atoms with Crippen molar-refractivity contribution in [2.75, 3.05) is 19.8 Å². The van der Waals surface area contributed by atoms with Crippen molar-refractivity contribution in [3.63, 3.8) is 0 Å². The molecule has 19 heavy (non-hydrogen) atoms. The number of halogens is 1. The van der Waals surface area contributed by atoms with Gasteiger partial charge in [-0.3, -0.25) is 4.79 Å². The number of carbonyl (C=O) groups is 1. The largest absolute Gasteiger partial charge is 0.380 e. The highest BCUT2D eigenvalue weighted by atomic mass is 35.5. The molecule has 0 aliphatic heterocycles. The van der Waals surface area contributed by atoms with Crippen molar-refractivity contribution < 1.29 is 9.53 Å². The fourth-order valence-electron chi connectivity index (χ4n) is 1.56. The Morgan fingerprint density at radius 1 is 1.37 bits per heavy atom. The molecule has 0 aliphatic carbocycles. The van der Waals surface area contributed by atoms with Gasteiger partial charge >= 0.3 is 0 Å². The molecule has 0 atom stereocenters. The second-order valence-corrected chi connectivity index (χ2v) is 5.15. The Labute approximate surface area is 120 Å². The van der Waals surface area contributed by atoms with Crippen LogP contribution in [0.15, 0.2) is 24.3 Å². The van der Waals surface area contributed by atoms with Crippen LogP contribution in [-0.4, -0.2) is 25.7 Å². The highest BCUT2D eigenvalue weighted by Crippen LogP contribution is 2.07. The molecule has 1 aromatic rings. The average Bonchev–Trinajstić information content (AvgIpc) is 2.42. The van der Waals surface area contributed by atoms with E-state index in [2.05, 4.69) is 19.2 Å². The number of hydrogen-bond donors (Lipinski definition) is 1. The van der Waals surface area contributed by atoms with Crippen LogP contribution in [0.4, 0.5) is 0 Å². The summed E-state index contributed by atoms with van der Waals surface area (Å²) in [5, 5.41) is 2.83. The summed E-state index contributed by atoms with van der Waals surface area (Å²) in [6.45, 7) is 6.15. The van der Waals surface area contributed by atoms with E-state index >= 15 is 0 Å². The summed E-state index contributed by atoms with van der Waals surface area (Å²) >= 11 is 5.74. The van der Waals surface area contributed by atoms with Crippen molar-refractivity contribution in [1.82, 2.24) is 5.32 Å². The van der Waals surface area contributed by atoms with Crippen molar-refractivity contribution in [3.8, 4) is 0 Å². The lowest BCUT2D eigenvalue weighted by atomic mass is 10.1. The Morgan fingerprint density at radius 2 is 2.16 bits per heavy atom. The lowest BCUT2D eigenvalue weighted by Gasteiger charge is -2.08. The summed E-state index contributed by atoms with van der Waals surface area (Å²) in [5.74, 6) is 0.978. The predicted molar refractivity (Wildman–Crippen MR) is 78.6 cm³/mol. The number of carbonyl (C=O) groups excluding carboxylic acids is 1. The summed E-state index contributed by atoms with van der Waals surface area (Å²) in [4.78, 5) is 11.8. The normalized spacial score (nSPS) is 10.7. The maximum atomic E-state index is 11.8. The first kappa shape index (κ1) is 16.0. The molecule has 1 N–H and O–H groups in total. The van der Waals surface area contributed by atoms with Crippen LogP contribution in [0.2, 0.25) is 0 Å². The molecule has 0 fully saturated rings. The van der Waals surface area contributed by atoms with Gasteiger partial charge in [0.15, 0.2) is 0 Å². The number of benzene rings is 1. The Hall–Kier alpha value is -1.06. The van der Waals surface area contributed by atoms with Gasteiger partial charge in [-0.05, 0) is 30.0 Å². The molecule has 0 unspecified atom stereocenters. The number of nitrogens with one attached hydrogen (secondary N) is 1. The zero-order chi connectivity index (χ0) is 14.1. The minimum Gasteiger partial charge on any atom is -0.380 e. The molecule has 0 aliphatic rings. The monoisotopic (exact) mass is 283 g/mol. The van der Waals surface area contributed by atoms with Crippen LogP contribution in [0, 0.1) is 5.92 Å². The van der Waals surface area contributed by atoms with Gasteiger partial charge in [-0.25, -0.2) is 0 Å². The second kappa shape index (κ2) is 8.94. The highest BCUT2D eigenvalue weighted by Gasteiger charge is 2.05. The first-order valence-corrected chi connectivity index (χ1v) is 7.17. The Balaban J connectivity index is 2.23. The van der Waals surface area contributed by atoms with E-state index in [1.807, 2.05) is 18.2 Å². The SMILES string of the molecule is CC(C)CCOCCNC(=O)c1cccc(CCl)c1. The molecule has 1 rings (SSSR count). The van der Waals surface area contributed by atoms with E-state index in [-0.39, 0.29) is 5.91 Å². The maximum Gasteiger partial charge on any atom is 0.251 e. The van der Waals surface area contributed by atoms with Gasteiger partial charge in [-0.15, -0.1) is 11.6 Å². The molecule has 0 aromatic heterocycles. The molecule has 4 heteroatoms. The van der Waals surface area contributed by atoms with E-state index < -0.39 is 0 Å². The van der Waals surface area contributed by atoms with E-state index in [0.29, 0.717) is 30.5 Å². The minimum absolute atomic E-state index is 0.0839. The zero-order valence-electron chi connectivity index (χ0n) is 11.6. The Morgan fingerprint density at radius 3 is 2.84 bits per heavy atom. The zero-order valence-corrected chi connectivity index (χ0v) is 12.4. The van der Waals surface area contributed by atoms with Gasteiger partial charge in [0.2, 0.25) is 0 Å². The third-order valence-electron chi connectivity index (χ3n) is 2.71. The first-order valence-electron chi connectivity index (χ1n) is 6.64. The summed E-state index contributed by atoms with van der Waals surface area (Å²) in [6.07, 6.45) is 1.05. The van der Waals surface area contributed by atoms with E-state index in [0.717, 1.165) is 18.6 Å². The Bertz CT molecular complexity index is 393. The predicted octanol–water partition coefficient (Wildman–Crippen LogP) is 3.22. The van der Waals surface area contributed by atoms with Gasteiger partial charge in [-0.1, -0.05) is 26.0 Å². The fraction of sp³-hybridized carbons (Fsp3) is 0.533. The average molecular weight is 284 g/mol. The second-order valence-electron chi connectivity index (χ2n) is 4.88. The van der Waals surface area contributed by atoms with E-state index in [1.165, 1.54) is 0 Å². The van der Waals surface area contributed by atoms with Gasteiger partial charge in [0, 0.05) is 24.6 Å². The molecule has 3 nitrogen and oxygen atoms in total. The van der Waals surface area contributed by atoms with Crippen LogP contribution in [0.1, 0.15) is 36.2 Å². The number of ether oxygens (including phenoxy) is 1. The molecule has 0 radical (unpaired) electrons. The smallest absolute Gasteiger partial charge is 0.251 e. The van der Waals surface area contributed by atoms with Crippen LogP contribution in [-0.2, 0) is 10.6 Å². The summed E-state index contributed by atoms with van der Waals surface area (Å²) < 4.78 is 5.44. The van der Waals surface area contributed by atoms with Gasteiger partial charge in [0.1, 0.15) is 0 Å². The number of amides is 1. The number of hydrogen-bond acceptors (Lipinski definition) is 2. The third kappa shape index (κ3) is 6.60. The molecule has 0 saturated carbocycles. The molecule has 1 amide bonds. The molecule has 0 heterocycles. The van der Waals surface area contributed by atoms with Crippen molar-refractivity contribution in [2.24, 2.45) is 5.92 Å². The van der Waals surface area contributed by atoms with E-state index in [1.54, 1.807) is 6.07 Å². The molecule has 106 valence electrons. The molecular weight excluding hydrogens is 262 g/mol. The fourth-order valence-corrected chi connectivity index (χ4v) is 1.72. The quantitative estimate of drug-likeness (QED) is 0.588. The topological polar surface area (TPSA) is 38.3 Å². The van der Waals surface area contributed by atoms with Crippen molar-refractivity contribution >= 4 is 17.5 Å². The lowest BCUT2D eigenvalue weighted by molar-refractivity contribution is 0.0905. The van der Waals surface area contributed by atoms with Crippen LogP contribution in [0.25, 0.3) is 0 Å². The van der Waals surface area contributed by atoms with Gasteiger partial charge < -0.3 is 10.1 Å². The van der Waals surface area contributed by atoms with Crippen LogP contribution in [0.3, 0.4) is 0 Å². The molecule has 1 aromatic carbocycles.